The van der Waals surface area contributed by atoms with Crippen molar-refractivity contribution in [2.24, 2.45) is 29.6 Å². The number of carbonyl (C=O) groups is 2. The molecule has 0 aromatic rings. The molecule has 2 bridgehead atoms. The van der Waals surface area contributed by atoms with Gasteiger partial charge in [0, 0.05) is 0 Å². The van der Waals surface area contributed by atoms with Gasteiger partial charge in [0.25, 0.3) is 0 Å². The van der Waals surface area contributed by atoms with Crippen LogP contribution in [-0.4, -0.2) is 23.6 Å². The zero-order valence-corrected chi connectivity index (χ0v) is 10.6. The van der Waals surface area contributed by atoms with E-state index in [2.05, 4.69) is 5.48 Å². The Bertz CT molecular complexity index is 377. The molecule has 4 atom stereocenters. The van der Waals surface area contributed by atoms with Crippen LogP contribution in [0.15, 0.2) is 12.2 Å². The molecule has 5 nitrogen and oxygen atoms in total. The molecule has 5 heteroatoms. The Hall–Kier alpha value is -1.36. The van der Waals surface area contributed by atoms with Crippen molar-refractivity contribution in [1.82, 2.24) is 5.48 Å². The normalized spacial score (nSPS) is 33.1. The number of carboxylic acids is 1. The average Bonchev–Trinajstić information content (AvgIpc) is 2.87. The second-order valence-corrected chi connectivity index (χ2v) is 5.51. The van der Waals surface area contributed by atoms with Gasteiger partial charge >= 0.3 is 5.97 Å². The number of fused-ring (bicyclic) bond motifs is 2. The van der Waals surface area contributed by atoms with E-state index in [1.165, 1.54) is 0 Å². The predicted octanol–water partition coefficient (Wildman–Crippen LogP) is 1.21. The van der Waals surface area contributed by atoms with Gasteiger partial charge in [-0.05, 0) is 24.2 Å². The number of rotatable bonds is 5. The van der Waals surface area contributed by atoms with E-state index < -0.39 is 17.8 Å². The summed E-state index contributed by atoms with van der Waals surface area (Å²) in [6.45, 7) is 4.39. The summed E-state index contributed by atoms with van der Waals surface area (Å²) in [4.78, 5) is 28.3. The molecule has 100 valence electrons. The average molecular weight is 253 g/mol. The van der Waals surface area contributed by atoms with Crippen LogP contribution in [0, 0.1) is 29.6 Å². The number of aliphatic carboxylic acids is 1. The van der Waals surface area contributed by atoms with Crippen LogP contribution >= 0.6 is 0 Å². The Kier molecular flexibility index (Phi) is 3.71. The third kappa shape index (κ3) is 2.41. The molecular formula is C13H19NO4. The van der Waals surface area contributed by atoms with Gasteiger partial charge in [0.05, 0.1) is 18.4 Å². The molecule has 0 radical (unpaired) electrons. The monoisotopic (exact) mass is 253 g/mol. The highest BCUT2D eigenvalue weighted by Gasteiger charge is 2.51. The molecule has 0 aromatic heterocycles. The molecule has 0 aromatic carbocycles. The third-order valence-corrected chi connectivity index (χ3v) is 3.64. The summed E-state index contributed by atoms with van der Waals surface area (Å²) >= 11 is 0. The third-order valence-electron chi connectivity index (χ3n) is 3.64. The van der Waals surface area contributed by atoms with Crippen LogP contribution in [0.4, 0.5) is 0 Å². The minimum atomic E-state index is -0.893. The van der Waals surface area contributed by atoms with Crippen molar-refractivity contribution in [3.8, 4) is 0 Å². The molecule has 0 spiro atoms. The van der Waals surface area contributed by atoms with E-state index in [4.69, 9.17) is 4.84 Å². The number of hydrogen-bond acceptors (Lipinski definition) is 3. The van der Waals surface area contributed by atoms with Gasteiger partial charge in [0.1, 0.15) is 0 Å². The first-order chi connectivity index (χ1) is 8.50. The minimum absolute atomic E-state index is 0.00616. The minimum Gasteiger partial charge on any atom is -0.481 e. The first-order valence-electron chi connectivity index (χ1n) is 6.33. The Morgan fingerprint density at radius 1 is 1.33 bits per heavy atom. The van der Waals surface area contributed by atoms with Crippen LogP contribution in [0.3, 0.4) is 0 Å². The molecule has 1 fully saturated rings. The van der Waals surface area contributed by atoms with Crippen molar-refractivity contribution in [2.75, 3.05) is 6.61 Å². The highest BCUT2D eigenvalue weighted by Crippen LogP contribution is 2.48. The van der Waals surface area contributed by atoms with Gasteiger partial charge in [0.2, 0.25) is 5.91 Å². The first-order valence-corrected chi connectivity index (χ1v) is 6.33. The van der Waals surface area contributed by atoms with Gasteiger partial charge in [-0.3, -0.25) is 14.4 Å². The van der Waals surface area contributed by atoms with Crippen molar-refractivity contribution in [3.05, 3.63) is 12.2 Å². The molecule has 18 heavy (non-hydrogen) atoms. The van der Waals surface area contributed by atoms with E-state index >= 15 is 0 Å². The van der Waals surface area contributed by atoms with E-state index in [-0.39, 0.29) is 17.7 Å². The number of nitrogens with one attached hydrogen (secondary N) is 1. The van der Waals surface area contributed by atoms with Crippen molar-refractivity contribution in [1.29, 1.82) is 0 Å². The topological polar surface area (TPSA) is 75.6 Å². The molecule has 2 N–H and O–H groups in total. The number of allylic oxidation sites excluding steroid dienone is 2. The summed E-state index contributed by atoms with van der Waals surface area (Å²) < 4.78 is 0. The summed E-state index contributed by atoms with van der Waals surface area (Å²) in [6, 6.07) is 0. The van der Waals surface area contributed by atoms with E-state index in [0.717, 1.165) is 6.42 Å². The van der Waals surface area contributed by atoms with Crippen molar-refractivity contribution < 1.29 is 19.5 Å². The van der Waals surface area contributed by atoms with Crippen molar-refractivity contribution >= 4 is 11.9 Å². The second-order valence-electron chi connectivity index (χ2n) is 5.51. The second kappa shape index (κ2) is 5.10. The fraction of sp³-hybridized carbons (Fsp3) is 0.692. The molecule has 0 heterocycles. The molecule has 0 aliphatic heterocycles. The number of amides is 1. The molecule has 0 saturated heterocycles. The van der Waals surface area contributed by atoms with E-state index in [1.54, 1.807) is 0 Å². The molecule has 1 saturated carbocycles. The van der Waals surface area contributed by atoms with E-state index in [9.17, 15) is 14.7 Å². The van der Waals surface area contributed by atoms with Crippen molar-refractivity contribution in [2.45, 2.75) is 20.3 Å². The maximum absolute atomic E-state index is 12.0. The smallest absolute Gasteiger partial charge is 0.307 e. The lowest BCUT2D eigenvalue weighted by molar-refractivity contribution is -0.152. The summed E-state index contributed by atoms with van der Waals surface area (Å²) in [6.07, 6.45) is 4.64. The number of carboxylic acid groups (broad SMARTS) is 1. The Morgan fingerprint density at radius 3 is 2.50 bits per heavy atom. The summed E-state index contributed by atoms with van der Waals surface area (Å²) in [5, 5.41) is 9.21. The number of hydrogen-bond donors (Lipinski definition) is 2. The Labute approximate surface area is 106 Å². The fourth-order valence-electron chi connectivity index (χ4n) is 2.86. The van der Waals surface area contributed by atoms with Crippen LogP contribution in [0.2, 0.25) is 0 Å². The van der Waals surface area contributed by atoms with Crippen LogP contribution in [-0.2, 0) is 14.4 Å². The van der Waals surface area contributed by atoms with Gasteiger partial charge in [-0.2, -0.15) is 0 Å². The van der Waals surface area contributed by atoms with Gasteiger partial charge in [-0.25, -0.2) is 5.48 Å². The van der Waals surface area contributed by atoms with Crippen LogP contribution in [0.1, 0.15) is 20.3 Å². The summed E-state index contributed by atoms with van der Waals surface area (Å²) in [5.41, 5.74) is 2.39. The zero-order valence-electron chi connectivity index (χ0n) is 10.6. The molecule has 4 unspecified atom stereocenters. The van der Waals surface area contributed by atoms with Gasteiger partial charge in [-0.15, -0.1) is 0 Å². The van der Waals surface area contributed by atoms with Crippen LogP contribution in [0.25, 0.3) is 0 Å². The highest BCUT2D eigenvalue weighted by molar-refractivity contribution is 5.86. The first kappa shape index (κ1) is 13.1. The fourth-order valence-corrected chi connectivity index (χ4v) is 2.86. The maximum Gasteiger partial charge on any atom is 0.307 e. The Balaban J connectivity index is 1.96. The number of carbonyl (C=O) groups excluding carboxylic acids is 1. The molecule has 1 amide bonds. The van der Waals surface area contributed by atoms with Gasteiger partial charge < -0.3 is 5.11 Å². The predicted molar refractivity (Wildman–Crippen MR) is 64.3 cm³/mol. The van der Waals surface area contributed by atoms with Crippen LogP contribution in [0.5, 0.6) is 0 Å². The lowest BCUT2D eigenvalue weighted by Crippen LogP contribution is -2.40. The Morgan fingerprint density at radius 2 is 1.94 bits per heavy atom. The van der Waals surface area contributed by atoms with Gasteiger partial charge in [0.15, 0.2) is 0 Å². The largest absolute Gasteiger partial charge is 0.481 e. The lowest BCUT2D eigenvalue weighted by atomic mass is 9.82. The zero-order chi connectivity index (χ0) is 13.3. The highest BCUT2D eigenvalue weighted by atomic mass is 16.7. The van der Waals surface area contributed by atoms with Gasteiger partial charge in [-0.1, -0.05) is 26.0 Å². The SMILES string of the molecule is CC(C)CONC(=O)C1C2C=CC(C2)C1C(=O)O. The molecule has 2 aliphatic rings. The van der Waals surface area contributed by atoms with Crippen LogP contribution < -0.4 is 5.48 Å². The van der Waals surface area contributed by atoms with E-state index in [1.807, 2.05) is 26.0 Å². The summed E-state index contributed by atoms with van der Waals surface area (Å²) in [7, 11) is 0. The maximum atomic E-state index is 12.0. The quantitative estimate of drug-likeness (QED) is 0.570. The molecule has 2 rings (SSSR count). The standard InChI is InChI=1S/C13H19NO4/c1-7(2)6-18-14-12(15)10-8-3-4-9(5-8)11(10)13(16)17/h3-4,7-11H,5-6H2,1-2H3,(H,14,15)(H,16,17). The lowest BCUT2D eigenvalue weighted by Gasteiger charge is -2.23. The molecule has 2 aliphatic carbocycles. The number of hydroxylamine groups is 1. The molecular weight excluding hydrogens is 234 g/mol. The summed E-state index contributed by atoms with van der Waals surface area (Å²) in [5.74, 6) is -1.95. The van der Waals surface area contributed by atoms with Crippen molar-refractivity contribution in [3.63, 3.8) is 0 Å². The van der Waals surface area contributed by atoms with E-state index in [0.29, 0.717) is 12.5 Å².